The van der Waals surface area contributed by atoms with Gasteiger partial charge in [-0.3, -0.25) is 9.59 Å². The molecule has 4 nitrogen and oxygen atoms in total. The van der Waals surface area contributed by atoms with Crippen molar-refractivity contribution in [1.29, 1.82) is 0 Å². The first-order valence-corrected chi connectivity index (χ1v) is 6.25. The lowest BCUT2D eigenvalue weighted by atomic mass is 9.80. The molecule has 0 spiro atoms. The molecule has 0 rings (SSSR count). The summed E-state index contributed by atoms with van der Waals surface area (Å²) in [6.45, 7) is 6.14. The maximum atomic E-state index is 13.8. The second-order valence-corrected chi connectivity index (χ2v) is 5.25. The summed E-state index contributed by atoms with van der Waals surface area (Å²) in [7, 11) is 0. The van der Waals surface area contributed by atoms with Gasteiger partial charge in [0.15, 0.2) is 0 Å². The maximum Gasteiger partial charge on any atom is 0.364 e. The van der Waals surface area contributed by atoms with E-state index in [9.17, 15) is 23.2 Å². The molecule has 0 amide bonds. The number of carbonyl (C=O) groups excluding carboxylic acids is 3. The van der Waals surface area contributed by atoms with Crippen molar-refractivity contribution < 1.29 is 23.2 Å². The highest BCUT2D eigenvalue weighted by atomic mass is 19.3. The number of Topliss-reactive ketones (excluding diaryl/α,β-unsaturated/α-hetero) is 2. The minimum Gasteiger partial charge on any atom is -0.313 e. The van der Waals surface area contributed by atoms with Crippen LogP contribution in [0.5, 0.6) is 0 Å². The first-order valence-electron chi connectivity index (χ1n) is 6.25. The first-order chi connectivity index (χ1) is 8.53. The fourth-order valence-corrected chi connectivity index (χ4v) is 1.44. The third kappa shape index (κ3) is 3.65. The molecule has 0 fully saturated rings. The summed E-state index contributed by atoms with van der Waals surface area (Å²) in [5, 5.41) is 0. The zero-order chi connectivity index (χ0) is 15.4. The third-order valence-corrected chi connectivity index (χ3v) is 3.41. The highest BCUT2D eigenvalue weighted by molar-refractivity contribution is 6.17. The zero-order valence-electron chi connectivity index (χ0n) is 11.7. The molecule has 2 N–H and O–H groups in total. The Kier molecular flexibility index (Phi) is 5.93. The Hall–Kier alpha value is -1.17. The van der Waals surface area contributed by atoms with Crippen molar-refractivity contribution in [1.82, 2.24) is 0 Å². The third-order valence-electron chi connectivity index (χ3n) is 3.41. The Morgan fingerprint density at radius 3 is 2.05 bits per heavy atom. The van der Waals surface area contributed by atoms with E-state index >= 15 is 0 Å². The van der Waals surface area contributed by atoms with Crippen LogP contribution >= 0.6 is 0 Å². The highest BCUT2D eigenvalue weighted by Crippen LogP contribution is 2.28. The molecule has 0 bridgehead atoms. The van der Waals surface area contributed by atoms with Gasteiger partial charge in [-0.2, -0.15) is 8.78 Å². The SMILES string of the molecule is CCC(C)CC(=O)C(F)(F)C(=O)[C@@](N)(C=O)C(C)C. The molecular formula is C13H21F2NO3. The molecule has 0 saturated carbocycles. The standard InChI is InChI=1S/C13H21F2NO3/c1-5-9(4)6-10(18)13(14,15)11(19)12(16,7-17)8(2)3/h7-9H,5-6,16H2,1-4H3/t9?,12-/m1/s1. The number of aldehydes is 1. The van der Waals surface area contributed by atoms with Crippen LogP contribution in [0.15, 0.2) is 0 Å². The van der Waals surface area contributed by atoms with Crippen molar-refractivity contribution in [3.05, 3.63) is 0 Å². The van der Waals surface area contributed by atoms with E-state index in [1.54, 1.807) is 13.8 Å². The number of nitrogens with two attached hydrogens (primary N) is 1. The molecule has 2 atom stereocenters. The Morgan fingerprint density at radius 2 is 1.74 bits per heavy atom. The van der Waals surface area contributed by atoms with Gasteiger partial charge in [0, 0.05) is 6.42 Å². The Labute approximate surface area is 111 Å². The van der Waals surface area contributed by atoms with Gasteiger partial charge < -0.3 is 10.5 Å². The average Bonchev–Trinajstić information content (AvgIpc) is 2.35. The lowest BCUT2D eigenvalue weighted by Gasteiger charge is -2.29. The van der Waals surface area contributed by atoms with E-state index in [0.29, 0.717) is 6.42 Å². The summed E-state index contributed by atoms with van der Waals surface area (Å²) in [6, 6.07) is 0. The van der Waals surface area contributed by atoms with Crippen LogP contribution in [0.3, 0.4) is 0 Å². The molecule has 0 saturated heterocycles. The second kappa shape index (κ2) is 6.32. The van der Waals surface area contributed by atoms with Gasteiger partial charge in [-0.15, -0.1) is 0 Å². The molecule has 0 aliphatic carbocycles. The molecule has 0 heterocycles. The van der Waals surface area contributed by atoms with E-state index in [1.165, 1.54) is 13.8 Å². The fraction of sp³-hybridized carbons (Fsp3) is 0.769. The monoisotopic (exact) mass is 277 g/mol. The van der Waals surface area contributed by atoms with Crippen molar-refractivity contribution in [2.75, 3.05) is 0 Å². The normalized spacial score (nSPS) is 16.8. The molecule has 6 heteroatoms. The number of hydrogen-bond donors (Lipinski definition) is 1. The number of halogens is 2. The van der Waals surface area contributed by atoms with Crippen molar-refractivity contribution in [3.8, 4) is 0 Å². The number of hydrogen-bond acceptors (Lipinski definition) is 4. The van der Waals surface area contributed by atoms with Crippen LogP contribution in [0.2, 0.25) is 0 Å². The molecule has 0 aliphatic rings. The maximum absolute atomic E-state index is 13.8. The van der Waals surface area contributed by atoms with Crippen molar-refractivity contribution >= 4 is 17.9 Å². The molecule has 0 aromatic carbocycles. The second-order valence-electron chi connectivity index (χ2n) is 5.25. The van der Waals surface area contributed by atoms with Gasteiger partial charge in [-0.1, -0.05) is 34.1 Å². The number of alkyl halides is 2. The van der Waals surface area contributed by atoms with Gasteiger partial charge in [-0.05, 0) is 11.8 Å². The van der Waals surface area contributed by atoms with Crippen molar-refractivity contribution in [2.45, 2.75) is 52.0 Å². The molecule has 0 radical (unpaired) electrons. The minimum atomic E-state index is -4.22. The largest absolute Gasteiger partial charge is 0.364 e. The Bertz CT molecular complexity index is 369. The van der Waals surface area contributed by atoms with Crippen molar-refractivity contribution in [3.63, 3.8) is 0 Å². The molecule has 110 valence electrons. The Balaban J connectivity index is 5.25. The molecule has 1 unspecified atom stereocenters. The summed E-state index contributed by atoms with van der Waals surface area (Å²) < 4.78 is 27.6. The van der Waals surface area contributed by atoms with Crippen LogP contribution in [-0.2, 0) is 14.4 Å². The number of carbonyl (C=O) groups is 3. The smallest absolute Gasteiger partial charge is 0.313 e. The van der Waals surface area contributed by atoms with Crippen LogP contribution in [-0.4, -0.2) is 29.3 Å². The van der Waals surface area contributed by atoms with E-state index in [4.69, 9.17) is 5.73 Å². The predicted octanol–water partition coefficient (Wildman–Crippen LogP) is 1.75. The molecule has 0 aliphatic heterocycles. The summed E-state index contributed by atoms with van der Waals surface area (Å²) in [6.07, 6.45) is 0.119. The first kappa shape index (κ1) is 17.8. The van der Waals surface area contributed by atoms with Crippen molar-refractivity contribution in [2.24, 2.45) is 17.6 Å². The van der Waals surface area contributed by atoms with Gasteiger partial charge in [0.25, 0.3) is 0 Å². The van der Waals surface area contributed by atoms with Crippen LogP contribution in [0.1, 0.15) is 40.5 Å². The van der Waals surface area contributed by atoms with Gasteiger partial charge >= 0.3 is 5.92 Å². The quantitative estimate of drug-likeness (QED) is 0.541. The predicted molar refractivity (Wildman–Crippen MR) is 66.9 cm³/mol. The summed E-state index contributed by atoms with van der Waals surface area (Å²) in [5.74, 6) is -8.60. The summed E-state index contributed by atoms with van der Waals surface area (Å²) in [4.78, 5) is 34.1. The van der Waals surface area contributed by atoms with E-state index < -0.39 is 35.4 Å². The van der Waals surface area contributed by atoms with Gasteiger partial charge in [0.2, 0.25) is 11.6 Å². The van der Waals surface area contributed by atoms with E-state index in [-0.39, 0.29) is 12.2 Å². The fourth-order valence-electron chi connectivity index (χ4n) is 1.44. The minimum absolute atomic E-state index is 0.00948. The number of ketones is 2. The van der Waals surface area contributed by atoms with Crippen LogP contribution in [0.4, 0.5) is 8.78 Å². The van der Waals surface area contributed by atoms with Gasteiger partial charge in [0.05, 0.1) is 0 Å². The van der Waals surface area contributed by atoms with E-state index in [0.717, 1.165) is 0 Å². The van der Waals surface area contributed by atoms with Gasteiger partial charge in [0.1, 0.15) is 11.8 Å². The summed E-state index contributed by atoms with van der Waals surface area (Å²) in [5.41, 5.74) is 3.08. The Morgan fingerprint density at radius 1 is 1.26 bits per heavy atom. The molecular weight excluding hydrogens is 256 g/mol. The molecule has 0 aromatic rings. The average molecular weight is 277 g/mol. The topological polar surface area (TPSA) is 77.2 Å². The van der Waals surface area contributed by atoms with Gasteiger partial charge in [-0.25, -0.2) is 0 Å². The molecule has 0 aromatic heterocycles. The lowest BCUT2D eigenvalue weighted by molar-refractivity contribution is -0.162. The zero-order valence-corrected chi connectivity index (χ0v) is 11.7. The highest BCUT2D eigenvalue weighted by Gasteiger charge is 2.56. The van der Waals surface area contributed by atoms with E-state index in [2.05, 4.69) is 0 Å². The van der Waals surface area contributed by atoms with Crippen LogP contribution < -0.4 is 5.73 Å². The lowest BCUT2D eigenvalue weighted by Crippen LogP contribution is -2.61. The number of rotatable bonds is 8. The van der Waals surface area contributed by atoms with E-state index in [1.807, 2.05) is 0 Å². The van der Waals surface area contributed by atoms with Crippen LogP contribution in [0, 0.1) is 11.8 Å². The summed E-state index contributed by atoms with van der Waals surface area (Å²) >= 11 is 0. The van der Waals surface area contributed by atoms with Crippen LogP contribution in [0.25, 0.3) is 0 Å². The molecule has 19 heavy (non-hydrogen) atoms.